The van der Waals surface area contributed by atoms with Gasteiger partial charge in [-0.1, -0.05) is 6.07 Å². The van der Waals surface area contributed by atoms with Crippen molar-refractivity contribution in [3.05, 3.63) is 40.8 Å². The third kappa shape index (κ3) is 2.90. The molecule has 1 aliphatic rings. The van der Waals surface area contributed by atoms with Gasteiger partial charge >= 0.3 is 0 Å². The molecule has 1 N–H and O–H groups in total. The quantitative estimate of drug-likeness (QED) is 0.915. The minimum Gasteiger partial charge on any atom is -0.348 e. The zero-order valence-corrected chi connectivity index (χ0v) is 11.1. The van der Waals surface area contributed by atoms with E-state index < -0.39 is 0 Å². The van der Waals surface area contributed by atoms with Crippen molar-refractivity contribution in [2.75, 3.05) is 18.4 Å². The fourth-order valence-corrected chi connectivity index (χ4v) is 2.70. The predicted octanol–water partition coefficient (Wildman–Crippen LogP) is 1.40. The summed E-state index contributed by atoms with van der Waals surface area (Å²) in [7, 11) is 0. The van der Waals surface area contributed by atoms with Crippen LogP contribution in [-0.2, 0) is 11.2 Å². The molecule has 6 heteroatoms. The number of likely N-dealkylation sites (tertiary alicyclic amines) is 1. The van der Waals surface area contributed by atoms with Crippen LogP contribution in [0.2, 0.25) is 0 Å². The smallest absolute Gasteiger partial charge is 0.227 e. The summed E-state index contributed by atoms with van der Waals surface area (Å²) in [5.41, 5.74) is 0. The van der Waals surface area contributed by atoms with Gasteiger partial charge in [0, 0.05) is 30.4 Å². The Bertz CT molecular complexity index is 537. The number of rotatable bonds is 4. The van der Waals surface area contributed by atoms with E-state index in [0.717, 1.165) is 18.0 Å². The molecule has 0 aromatic carbocycles. The zero-order valence-electron chi connectivity index (χ0n) is 10.3. The summed E-state index contributed by atoms with van der Waals surface area (Å²) >= 11 is 1.62. The van der Waals surface area contributed by atoms with Crippen LogP contribution in [0.4, 0.5) is 5.95 Å². The summed E-state index contributed by atoms with van der Waals surface area (Å²) < 4.78 is 0. The van der Waals surface area contributed by atoms with Crippen molar-refractivity contribution in [1.29, 1.82) is 0 Å². The number of thiophene rings is 1. The SMILES string of the molecule is O=C(Cc1cccs1)N1CC(Nc2ncccn2)C1. The highest BCUT2D eigenvalue weighted by molar-refractivity contribution is 7.10. The third-order valence-corrected chi connectivity index (χ3v) is 3.92. The second-order valence-electron chi connectivity index (χ2n) is 4.47. The Labute approximate surface area is 115 Å². The Balaban J connectivity index is 1.46. The molecule has 1 aliphatic heterocycles. The molecule has 0 radical (unpaired) electrons. The molecule has 2 aromatic heterocycles. The number of hydrogen-bond acceptors (Lipinski definition) is 5. The molecule has 0 spiro atoms. The zero-order chi connectivity index (χ0) is 13.1. The molecule has 0 saturated carbocycles. The van der Waals surface area contributed by atoms with Gasteiger partial charge in [-0.05, 0) is 17.5 Å². The molecule has 5 nitrogen and oxygen atoms in total. The Morgan fingerprint density at radius 1 is 1.37 bits per heavy atom. The van der Waals surface area contributed by atoms with Crippen LogP contribution in [0.3, 0.4) is 0 Å². The van der Waals surface area contributed by atoms with Gasteiger partial charge in [0.2, 0.25) is 11.9 Å². The minimum absolute atomic E-state index is 0.189. The number of carbonyl (C=O) groups is 1. The van der Waals surface area contributed by atoms with Crippen molar-refractivity contribution in [3.8, 4) is 0 Å². The van der Waals surface area contributed by atoms with E-state index in [1.54, 1.807) is 29.8 Å². The summed E-state index contributed by atoms with van der Waals surface area (Å²) in [6.45, 7) is 1.45. The molecular formula is C13H14N4OS. The second-order valence-corrected chi connectivity index (χ2v) is 5.50. The Morgan fingerprint density at radius 3 is 2.84 bits per heavy atom. The van der Waals surface area contributed by atoms with Gasteiger partial charge < -0.3 is 10.2 Å². The molecular weight excluding hydrogens is 260 g/mol. The lowest BCUT2D eigenvalue weighted by Crippen LogP contribution is -2.57. The number of hydrogen-bond donors (Lipinski definition) is 1. The Kier molecular flexibility index (Phi) is 3.41. The molecule has 0 unspecified atom stereocenters. The molecule has 2 aromatic rings. The highest BCUT2D eigenvalue weighted by Crippen LogP contribution is 2.16. The average Bonchev–Trinajstić information content (AvgIpc) is 2.87. The van der Waals surface area contributed by atoms with Gasteiger partial charge in [-0.15, -0.1) is 11.3 Å². The van der Waals surface area contributed by atoms with Gasteiger partial charge in [-0.25, -0.2) is 9.97 Å². The van der Waals surface area contributed by atoms with E-state index in [0.29, 0.717) is 12.4 Å². The van der Waals surface area contributed by atoms with Crippen LogP contribution in [0.25, 0.3) is 0 Å². The van der Waals surface area contributed by atoms with Crippen LogP contribution in [0.1, 0.15) is 4.88 Å². The lowest BCUT2D eigenvalue weighted by molar-refractivity contribution is -0.134. The number of nitrogens with one attached hydrogen (secondary N) is 1. The number of nitrogens with zero attached hydrogens (tertiary/aromatic N) is 3. The summed E-state index contributed by atoms with van der Waals surface area (Å²) in [6, 6.07) is 6.01. The molecule has 1 amide bonds. The van der Waals surface area contributed by atoms with E-state index in [-0.39, 0.29) is 11.9 Å². The second kappa shape index (κ2) is 5.36. The average molecular weight is 274 g/mol. The normalized spacial score (nSPS) is 15.1. The van der Waals surface area contributed by atoms with Crippen LogP contribution < -0.4 is 5.32 Å². The topological polar surface area (TPSA) is 58.1 Å². The van der Waals surface area contributed by atoms with Crippen molar-refractivity contribution >= 4 is 23.2 Å². The van der Waals surface area contributed by atoms with E-state index in [4.69, 9.17) is 0 Å². The Hall–Kier alpha value is -1.95. The van der Waals surface area contributed by atoms with Gasteiger partial charge in [0.05, 0.1) is 12.5 Å². The maximum Gasteiger partial charge on any atom is 0.227 e. The number of aromatic nitrogens is 2. The standard InChI is InChI=1S/C13H14N4OS/c18-12(7-11-3-1-6-19-11)17-8-10(9-17)16-13-14-4-2-5-15-13/h1-6,10H,7-9H2,(H,14,15,16). The van der Waals surface area contributed by atoms with Gasteiger partial charge in [0.1, 0.15) is 0 Å². The molecule has 3 heterocycles. The first-order valence-corrected chi connectivity index (χ1v) is 7.03. The van der Waals surface area contributed by atoms with Gasteiger partial charge in [0.25, 0.3) is 0 Å². The summed E-state index contributed by atoms with van der Waals surface area (Å²) in [5.74, 6) is 0.812. The molecule has 0 bridgehead atoms. The molecule has 0 aliphatic carbocycles. The Morgan fingerprint density at radius 2 is 2.16 bits per heavy atom. The largest absolute Gasteiger partial charge is 0.348 e. The lowest BCUT2D eigenvalue weighted by atomic mass is 10.1. The molecule has 19 heavy (non-hydrogen) atoms. The van der Waals surface area contributed by atoms with E-state index in [1.807, 2.05) is 22.4 Å². The van der Waals surface area contributed by atoms with Crippen molar-refractivity contribution in [1.82, 2.24) is 14.9 Å². The summed E-state index contributed by atoms with van der Waals surface area (Å²) in [6.07, 6.45) is 3.91. The number of anilines is 1. The van der Waals surface area contributed by atoms with Gasteiger partial charge in [-0.3, -0.25) is 4.79 Å². The van der Waals surface area contributed by atoms with Gasteiger partial charge in [-0.2, -0.15) is 0 Å². The van der Waals surface area contributed by atoms with Crippen molar-refractivity contribution in [2.24, 2.45) is 0 Å². The predicted molar refractivity (Wildman–Crippen MR) is 74.0 cm³/mol. The molecule has 98 valence electrons. The first kappa shape index (κ1) is 12.1. The molecule has 1 saturated heterocycles. The molecule has 0 atom stereocenters. The maximum absolute atomic E-state index is 12.0. The monoisotopic (exact) mass is 274 g/mol. The molecule has 3 rings (SSSR count). The minimum atomic E-state index is 0.189. The van der Waals surface area contributed by atoms with Crippen LogP contribution in [0.15, 0.2) is 36.0 Å². The van der Waals surface area contributed by atoms with E-state index in [1.165, 1.54) is 0 Å². The van der Waals surface area contributed by atoms with E-state index >= 15 is 0 Å². The van der Waals surface area contributed by atoms with Crippen molar-refractivity contribution < 1.29 is 4.79 Å². The summed E-state index contributed by atoms with van der Waals surface area (Å²) in [5, 5.41) is 5.20. The third-order valence-electron chi connectivity index (χ3n) is 3.04. The summed E-state index contributed by atoms with van der Waals surface area (Å²) in [4.78, 5) is 23.2. The lowest BCUT2D eigenvalue weighted by Gasteiger charge is -2.39. The fraction of sp³-hybridized carbons (Fsp3) is 0.308. The first-order valence-electron chi connectivity index (χ1n) is 6.15. The van der Waals surface area contributed by atoms with Crippen LogP contribution in [0, 0.1) is 0 Å². The van der Waals surface area contributed by atoms with Crippen molar-refractivity contribution in [2.45, 2.75) is 12.5 Å². The highest BCUT2D eigenvalue weighted by Gasteiger charge is 2.30. The van der Waals surface area contributed by atoms with E-state index in [2.05, 4.69) is 15.3 Å². The van der Waals surface area contributed by atoms with Gasteiger partial charge in [0.15, 0.2) is 0 Å². The molecule has 1 fully saturated rings. The highest BCUT2D eigenvalue weighted by atomic mass is 32.1. The van der Waals surface area contributed by atoms with Crippen molar-refractivity contribution in [3.63, 3.8) is 0 Å². The van der Waals surface area contributed by atoms with E-state index in [9.17, 15) is 4.79 Å². The van der Waals surface area contributed by atoms with Crippen LogP contribution in [-0.4, -0.2) is 39.9 Å². The fourth-order valence-electron chi connectivity index (χ4n) is 2.00. The number of carbonyl (C=O) groups excluding carboxylic acids is 1. The maximum atomic E-state index is 12.0. The first-order chi connectivity index (χ1) is 9.31. The number of amides is 1. The van der Waals surface area contributed by atoms with Crippen LogP contribution in [0.5, 0.6) is 0 Å². The van der Waals surface area contributed by atoms with Crippen LogP contribution >= 0.6 is 11.3 Å².